The number of nitro benzene ring substituents is 1. The number of halogens is 1. The third kappa shape index (κ3) is 8.82. The second-order valence-electron chi connectivity index (χ2n) is 18.4. The normalized spacial score (nSPS) is 19.8. The predicted molar refractivity (Wildman–Crippen MR) is 251 cm³/mol. The number of amides is 1. The van der Waals surface area contributed by atoms with Gasteiger partial charge in [0.15, 0.2) is 5.65 Å². The van der Waals surface area contributed by atoms with Crippen LogP contribution in [-0.2, 0) is 14.8 Å². The van der Waals surface area contributed by atoms with Crippen LogP contribution in [0, 0.1) is 15.5 Å². The van der Waals surface area contributed by atoms with Gasteiger partial charge in [0.05, 0.1) is 45.8 Å². The largest absolute Gasteiger partial charge is 0.378 e. The molecule has 16 nitrogen and oxygen atoms in total. The van der Waals surface area contributed by atoms with Gasteiger partial charge < -0.3 is 15.0 Å². The van der Waals surface area contributed by atoms with Crippen molar-refractivity contribution >= 4 is 72.2 Å². The second-order valence-corrected chi connectivity index (χ2v) is 20.6. The van der Waals surface area contributed by atoms with E-state index >= 15 is 0 Å². The number of likely N-dealkylation sites (tertiary alicyclic amines) is 1. The second kappa shape index (κ2) is 17.2. The van der Waals surface area contributed by atoms with Crippen molar-refractivity contribution < 1.29 is 22.9 Å². The van der Waals surface area contributed by atoms with Crippen LogP contribution in [0.1, 0.15) is 55.5 Å². The smallest absolute Gasteiger partial charge is 0.293 e. The highest BCUT2D eigenvalue weighted by molar-refractivity contribution is 7.90. The first-order valence-electron chi connectivity index (χ1n) is 22.1. The van der Waals surface area contributed by atoms with Crippen molar-refractivity contribution in [2.24, 2.45) is 5.41 Å². The number of carbonyl (C=O) groups excluding carboxylic acids is 1. The summed E-state index contributed by atoms with van der Waals surface area (Å²) in [6.07, 6.45) is 7.38. The Morgan fingerprint density at radius 3 is 2.57 bits per heavy atom. The molecule has 0 radical (unpaired) electrons. The highest BCUT2D eigenvalue weighted by Crippen LogP contribution is 2.43. The van der Waals surface area contributed by atoms with Gasteiger partial charge in [-0.3, -0.25) is 34.5 Å². The summed E-state index contributed by atoms with van der Waals surface area (Å²) < 4.78 is 37.1. The van der Waals surface area contributed by atoms with Gasteiger partial charge in [-0.25, -0.2) is 23.1 Å². The van der Waals surface area contributed by atoms with Crippen LogP contribution in [0.4, 0.5) is 17.1 Å². The van der Waals surface area contributed by atoms with Crippen LogP contribution >= 0.6 is 11.6 Å². The van der Waals surface area contributed by atoms with Crippen molar-refractivity contribution in [3.05, 3.63) is 117 Å². The van der Waals surface area contributed by atoms with E-state index in [4.69, 9.17) is 16.3 Å². The SMILES string of the molecule is CC1(C)CCC(CN2CCN(c3ccc(C(=O)NS(=O)(=O)c4ccc(NC5CCN(C6COC6)C5)c([N+](=O)[O-])c4)c(-n4[nH]cc5nc6nccc6cc54)c3)CC2)=C(c2ccc(Cl)cc2)C1. The minimum absolute atomic E-state index is 0.0500. The minimum atomic E-state index is -4.57. The van der Waals surface area contributed by atoms with Crippen molar-refractivity contribution in [3.63, 3.8) is 0 Å². The molecule has 0 spiro atoms. The van der Waals surface area contributed by atoms with E-state index in [2.05, 4.69) is 65.8 Å². The van der Waals surface area contributed by atoms with Gasteiger partial charge in [-0.05, 0) is 96.8 Å². The fraction of sp³-hybridized carbons (Fsp3) is 0.383. The summed E-state index contributed by atoms with van der Waals surface area (Å²) in [6, 6.07) is 21.3. The molecule has 65 heavy (non-hydrogen) atoms. The summed E-state index contributed by atoms with van der Waals surface area (Å²) in [5, 5.41) is 20.3. The van der Waals surface area contributed by atoms with Crippen LogP contribution < -0.4 is 14.9 Å². The van der Waals surface area contributed by atoms with Crippen molar-refractivity contribution in [2.45, 2.75) is 56.5 Å². The number of H-pyrrole nitrogens is 1. The molecule has 1 amide bonds. The Bertz CT molecular complexity index is 2960. The Labute approximate surface area is 381 Å². The number of allylic oxidation sites excluding steroid dienone is 1. The summed E-state index contributed by atoms with van der Waals surface area (Å²) in [5.74, 6) is -0.896. The van der Waals surface area contributed by atoms with Crippen LogP contribution in [0.25, 0.3) is 33.3 Å². The van der Waals surface area contributed by atoms with Crippen LogP contribution in [0.5, 0.6) is 0 Å². The molecule has 3 aliphatic heterocycles. The number of anilines is 2. The summed E-state index contributed by atoms with van der Waals surface area (Å²) >= 11 is 6.26. The lowest BCUT2D eigenvalue weighted by molar-refractivity contribution is -0.384. The van der Waals surface area contributed by atoms with Crippen LogP contribution in [-0.4, -0.2) is 120 Å². The minimum Gasteiger partial charge on any atom is -0.378 e. The molecule has 3 saturated heterocycles. The zero-order valence-corrected chi connectivity index (χ0v) is 37.9. The van der Waals surface area contributed by atoms with E-state index in [9.17, 15) is 23.3 Å². The number of fused-ring (bicyclic) bond motifs is 2. The Balaban J connectivity index is 0.904. The average Bonchev–Trinajstić information content (AvgIpc) is 4.03. The lowest BCUT2D eigenvalue weighted by atomic mass is 9.72. The molecule has 3 aromatic carbocycles. The first-order valence-corrected chi connectivity index (χ1v) is 24.0. The number of nitrogens with zero attached hydrogens (tertiary/aromatic N) is 7. The van der Waals surface area contributed by atoms with Gasteiger partial charge in [0.1, 0.15) is 11.2 Å². The fourth-order valence-corrected chi connectivity index (χ4v) is 10.8. The van der Waals surface area contributed by atoms with E-state index in [0.717, 1.165) is 87.1 Å². The summed E-state index contributed by atoms with van der Waals surface area (Å²) in [7, 11) is -4.57. The van der Waals surface area contributed by atoms with Crippen molar-refractivity contribution in [3.8, 4) is 5.69 Å². The molecule has 6 aromatic rings. The number of sulfonamides is 1. The molecule has 338 valence electrons. The van der Waals surface area contributed by atoms with E-state index in [1.54, 1.807) is 23.1 Å². The summed E-state index contributed by atoms with van der Waals surface area (Å²) in [6.45, 7) is 11.6. The van der Waals surface area contributed by atoms with Crippen molar-refractivity contribution in [1.29, 1.82) is 0 Å². The number of rotatable bonds is 12. The molecule has 18 heteroatoms. The van der Waals surface area contributed by atoms with Gasteiger partial charge in [0.25, 0.3) is 21.6 Å². The number of aromatic nitrogens is 4. The number of aromatic amines is 1. The van der Waals surface area contributed by atoms with E-state index in [-0.39, 0.29) is 22.7 Å². The number of piperazine rings is 1. The molecular weight excluding hydrogens is 868 g/mol. The molecule has 10 rings (SSSR count). The zero-order valence-electron chi connectivity index (χ0n) is 36.3. The summed E-state index contributed by atoms with van der Waals surface area (Å²) in [4.78, 5) is 41.6. The molecule has 0 saturated carbocycles. The number of carbonyl (C=O) groups is 1. The van der Waals surface area contributed by atoms with Gasteiger partial charge in [0, 0.05) is 86.4 Å². The molecule has 3 N–H and O–H groups in total. The van der Waals surface area contributed by atoms with E-state index in [0.29, 0.717) is 48.2 Å². The molecular formula is C47H51ClN10O6S. The molecule has 1 aliphatic carbocycles. The standard InChI is InChI=1S/C47H51ClN10O6S/c1-47(2)14-11-32(39(24-47)30-3-5-33(48)6-4-30)26-54-17-19-55(20-18-54)35-7-9-38(42(22-35)57-43-21-31-12-15-49-45(31)52-41(43)25-50-57)46(59)53-65(62,63)37-8-10-40(44(23-37)58(60)61)51-34-13-16-56(27-34)36-28-64-29-36/h3-10,12,15,21-23,25,34,36,50-51H,11,13-14,16-20,24,26-29H2,1-2H3,(H,53,59). The predicted octanol–water partition coefficient (Wildman–Crippen LogP) is 7.25. The lowest BCUT2D eigenvalue weighted by Crippen LogP contribution is -2.48. The molecule has 1 atom stereocenters. The highest BCUT2D eigenvalue weighted by Gasteiger charge is 2.34. The molecule has 3 aromatic heterocycles. The average molecular weight is 920 g/mol. The summed E-state index contributed by atoms with van der Waals surface area (Å²) in [5.41, 5.74) is 7.36. The first-order chi connectivity index (χ1) is 31.3. The highest BCUT2D eigenvalue weighted by atomic mass is 35.5. The first kappa shape index (κ1) is 43.1. The Morgan fingerprint density at radius 2 is 1.82 bits per heavy atom. The van der Waals surface area contributed by atoms with Crippen LogP contribution in [0.2, 0.25) is 5.02 Å². The Kier molecular flexibility index (Phi) is 11.4. The van der Waals surface area contributed by atoms with E-state index < -0.39 is 31.4 Å². The quantitative estimate of drug-likeness (QED) is 0.0827. The molecule has 3 fully saturated rings. The van der Waals surface area contributed by atoms with Gasteiger partial charge in [0.2, 0.25) is 0 Å². The Hall–Kier alpha value is -5.85. The van der Waals surface area contributed by atoms with Crippen molar-refractivity contribution in [2.75, 3.05) is 69.2 Å². The van der Waals surface area contributed by atoms with E-state index in [1.165, 1.54) is 28.8 Å². The lowest BCUT2D eigenvalue weighted by Gasteiger charge is -2.39. The van der Waals surface area contributed by atoms with Crippen LogP contribution in [0.3, 0.4) is 0 Å². The van der Waals surface area contributed by atoms with Crippen molar-refractivity contribution in [1.82, 2.24) is 34.3 Å². The zero-order chi connectivity index (χ0) is 45.0. The number of nitro groups is 1. The van der Waals surface area contributed by atoms with Gasteiger partial charge in [-0.15, -0.1) is 0 Å². The molecule has 0 bridgehead atoms. The van der Waals surface area contributed by atoms with Gasteiger partial charge in [-0.1, -0.05) is 43.2 Å². The van der Waals surface area contributed by atoms with E-state index in [1.807, 2.05) is 36.4 Å². The van der Waals surface area contributed by atoms with Gasteiger partial charge in [-0.2, -0.15) is 0 Å². The number of pyridine rings is 1. The maximum absolute atomic E-state index is 14.3. The number of benzene rings is 3. The fourth-order valence-electron chi connectivity index (χ4n) is 9.69. The number of hydrogen-bond acceptors (Lipinski definition) is 12. The number of hydrogen-bond donors (Lipinski definition) is 3. The molecule has 6 heterocycles. The van der Waals surface area contributed by atoms with Gasteiger partial charge >= 0.3 is 0 Å². The maximum atomic E-state index is 14.3. The monoisotopic (exact) mass is 918 g/mol. The third-order valence-corrected chi connectivity index (χ3v) is 15.1. The Morgan fingerprint density at radius 1 is 1.02 bits per heavy atom. The number of nitrogens with one attached hydrogen (secondary N) is 3. The topological polar surface area (TPSA) is 184 Å². The molecule has 4 aliphatic rings. The number of ether oxygens (including phenoxy) is 1. The van der Waals surface area contributed by atoms with Crippen LogP contribution in [0.15, 0.2) is 95.7 Å². The molecule has 1 unspecified atom stereocenters. The maximum Gasteiger partial charge on any atom is 0.293 e. The third-order valence-electron chi connectivity index (χ3n) is 13.5.